The molecule has 1 heterocycles. The fourth-order valence-electron chi connectivity index (χ4n) is 1.73. The number of nitrogens with one attached hydrogen (secondary N) is 1. The number of carboxylic acid groups (broad SMARTS) is 1. The van der Waals surface area contributed by atoms with Crippen molar-refractivity contribution in [3.63, 3.8) is 0 Å². The van der Waals surface area contributed by atoms with Crippen molar-refractivity contribution in [3.05, 3.63) is 40.4 Å². The summed E-state index contributed by atoms with van der Waals surface area (Å²) in [4.78, 5) is 23.6. The number of aromatic nitrogens is 2. The zero-order chi connectivity index (χ0) is 15.4. The van der Waals surface area contributed by atoms with Crippen molar-refractivity contribution in [2.24, 2.45) is 0 Å². The molecule has 0 spiro atoms. The number of aromatic hydroxyl groups is 1. The number of phenols is 1. The van der Waals surface area contributed by atoms with Crippen LogP contribution in [-0.4, -0.2) is 37.7 Å². The summed E-state index contributed by atoms with van der Waals surface area (Å²) < 4.78 is 3.64. The summed E-state index contributed by atoms with van der Waals surface area (Å²) in [6, 6.07) is 5.08. The van der Waals surface area contributed by atoms with E-state index in [2.05, 4.69) is 14.9 Å². The molecule has 0 bridgehead atoms. The average molecular weight is 307 g/mol. The van der Waals surface area contributed by atoms with Crippen molar-refractivity contribution >= 4 is 23.4 Å². The number of aryl methyl sites for hydroxylation is 1. The average Bonchev–Trinajstić information content (AvgIpc) is 2.86. The van der Waals surface area contributed by atoms with Gasteiger partial charge in [0.05, 0.1) is 5.69 Å². The number of aliphatic carboxylic acids is 1. The van der Waals surface area contributed by atoms with E-state index in [1.807, 2.05) is 0 Å². The van der Waals surface area contributed by atoms with Crippen LogP contribution >= 0.6 is 11.5 Å². The highest BCUT2D eigenvalue weighted by Gasteiger charge is 2.23. The van der Waals surface area contributed by atoms with Crippen LogP contribution in [0.15, 0.2) is 24.3 Å². The zero-order valence-corrected chi connectivity index (χ0v) is 11.9. The van der Waals surface area contributed by atoms with Gasteiger partial charge in [0.2, 0.25) is 0 Å². The number of nitrogens with zero attached hydrogens (tertiary/aromatic N) is 2. The molecule has 0 saturated carbocycles. The minimum absolute atomic E-state index is 0.0982. The topological polar surface area (TPSA) is 112 Å². The number of rotatable bonds is 5. The fraction of sp³-hybridized carbons (Fsp3) is 0.231. The Hall–Kier alpha value is -2.48. The predicted octanol–water partition coefficient (Wildman–Crippen LogP) is 0.978. The molecule has 0 aliphatic rings. The lowest BCUT2D eigenvalue weighted by Crippen LogP contribution is -2.42. The van der Waals surface area contributed by atoms with E-state index >= 15 is 0 Å². The van der Waals surface area contributed by atoms with E-state index in [-0.39, 0.29) is 12.2 Å². The molecule has 1 atom stereocenters. The monoisotopic (exact) mass is 307 g/mol. The molecule has 2 aromatic rings. The molecule has 7 nitrogen and oxygen atoms in total. The van der Waals surface area contributed by atoms with Crippen molar-refractivity contribution in [1.29, 1.82) is 0 Å². The number of hydrogen-bond donors (Lipinski definition) is 3. The Morgan fingerprint density at radius 2 is 2.00 bits per heavy atom. The Morgan fingerprint density at radius 3 is 2.52 bits per heavy atom. The van der Waals surface area contributed by atoms with Crippen LogP contribution in [0, 0.1) is 6.92 Å². The smallest absolute Gasteiger partial charge is 0.326 e. The number of amides is 1. The van der Waals surface area contributed by atoms with Gasteiger partial charge in [0.15, 0.2) is 0 Å². The van der Waals surface area contributed by atoms with E-state index in [9.17, 15) is 19.8 Å². The SMILES string of the molecule is Cc1nnsc1C(=O)N[C@H](Cc1ccc(O)cc1)C(=O)O. The molecule has 1 aromatic carbocycles. The van der Waals surface area contributed by atoms with E-state index < -0.39 is 17.9 Å². The summed E-state index contributed by atoms with van der Waals surface area (Å²) >= 11 is 0.920. The molecular weight excluding hydrogens is 294 g/mol. The fourth-order valence-corrected chi connectivity index (χ4v) is 2.29. The molecule has 0 radical (unpaired) electrons. The second kappa shape index (κ2) is 6.31. The maximum absolute atomic E-state index is 12.0. The van der Waals surface area contributed by atoms with Crippen molar-refractivity contribution < 1.29 is 19.8 Å². The van der Waals surface area contributed by atoms with Crippen LogP contribution in [0.2, 0.25) is 0 Å². The molecule has 1 amide bonds. The molecule has 2 rings (SSSR count). The highest BCUT2D eigenvalue weighted by atomic mass is 32.1. The van der Waals surface area contributed by atoms with Gasteiger partial charge in [-0.2, -0.15) is 0 Å². The summed E-state index contributed by atoms with van der Waals surface area (Å²) in [5.41, 5.74) is 1.16. The highest BCUT2D eigenvalue weighted by Crippen LogP contribution is 2.13. The molecule has 21 heavy (non-hydrogen) atoms. The van der Waals surface area contributed by atoms with Crippen LogP contribution in [0.25, 0.3) is 0 Å². The maximum Gasteiger partial charge on any atom is 0.326 e. The first-order chi connectivity index (χ1) is 9.97. The molecule has 110 valence electrons. The van der Waals surface area contributed by atoms with Gasteiger partial charge in [-0.05, 0) is 36.2 Å². The molecule has 0 unspecified atom stereocenters. The van der Waals surface area contributed by atoms with Crippen LogP contribution in [0.5, 0.6) is 5.75 Å². The normalized spacial score (nSPS) is 11.9. The molecule has 0 aliphatic carbocycles. The van der Waals surface area contributed by atoms with E-state index in [0.717, 1.165) is 11.5 Å². The van der Waals surface area contributed by atoms with Crippen LogP contribution < -0.4 is 5.32 Å². The van der Waals surface area contributed by atoms with Gasteiger partial charge < -0.3 is 15.5 Å². The van der Waals surface area contributed by atoms with Crippen molar-refractivity contribution in [2.45, 2.75) is 19.4 Å². The minimum Gasteiger partial charge on any atom is -0.508 e. The molecule has 0 saturated heterocycles. The molecule has 0 aliphatic heterocycles. The van der Waals surface area contributed by atoms with Gasteiger partial charge in [-0.1, -0.05) is 16.6 Å². The zero-order valence-electron chi connectivity index (χ0n) is 11.1. The largest absolute Gasteiger partial charge is 0.508 e. The predicted molar refractivity (Wildman–Crippen MR) is 75.3 cm³/mol. The second-order valence-corrected chi connectivity index (χ2v) is 5.18. The van der Waals surface area contributed by atoms with Gasteiger partial charge in [-0.15, -0.1) is 5.10 Å². The molecular formula is C13H13N3O4S. The summed E-state index contributed by atoms with van der Waals surface area (Å²) in [5.74, 6) is -1.54. The van der Waals surface area contributed by atoms with Crippen molar-refractivity contribution in [1.82, 2.24) is 14.9 Å². The van der Waals surface area contributed by atoms with E-state index in [1.165, 1.54) is 12.1 Å². The lowest BCUT2D eigenvalue weighted by Gasteiger charge is -2.14. The van der Waals surface area contributed by atoms with Crippen LogP contribution in [0.3, 0.4) is 0 Å². The Balaban J connectivity index is 2.09. The van der Waals surface area contributed by atoms with Crippen LogP contribution in [0.1, 0.15) is 20.9 Å². The van der Waals surface area contributed by atoms with Crippen molar-refractivity contribution in [2.75, 3.05) is 0 Å². The lowest BCUT2D eigenvalue weighted by atomic mass is 10.1. The number of hydrogen-bond acceptors (Lipinski definition) is 6. The molecule has 1 aromatic heterocycles. The Labute approximate surface area is 124 Å². The summed E-state index contributed by atoms with van der Waals surface area (Å²) in [5, 5.41) is 24.6. The minimum atomic E-state index is -1.13. The Kier molecular flexibility index (Phi) is 4.49. The van der Waals surface area contributed by atoms with Gasteiger partial charge in [0.25, 0.3) is 5.91 Å². The molecule has 3 N–H and O–H groups in total. The van der Waals surface area contributed by atoms with Crippen LogP contribution in [-0.2, 0) is 11.2 Å². The third-order valence-corrected chi connectivity index (χ3v) is 3.66. The van der Waals surface area contributed by atoms with Gasteiger partial charge in [0, 0.05) is 6.42 Å². The Morgan fingerprint density at radius 1 is 1.33 bits per heavy atom. The quantitative estimate of drug-likeness (QED) is 0.759. The third kappa shape index (κ3) is 3.76. The van der Waals surface area contributed by atoms with E-state index in [0.29, 0.717) is 16.1 Å². The summed E-state index contributed by atoms with van der Waals surface area (Å²) in [7, 11) is 0. The van der Waals surface area contributed by atoms with Crippen LogP contribution in [0.4, 0.5) is 0 Å². The van der Waals surface area contributed by atoms with Crippen molar-refractivity contribution in [3.8, 4) is 5.75 Å². The molecule has 8 heteroatoms. The molecule has 0 fully saturated rings. The first-order valence-corrected chi connectivity index (χ1v) is 6.85. The van der Waals surface area contributed by atoms with Gasteiger partial charge in [-0.3, -0.25) is 4.79 Å². The van der Waals surface area contributed by atoms with Gasteiger partial charge >= 0.3 is 5.97 Å². The first kappa shape index (κ1) is 14.9. The summed E-state index contributed by atoms with van der Waals surface area (Å²) in [6.07, 6.45) is 0.118. The Bertz CT molecular complexity index is 654. The highest BCUT2D eigenvalue weighted by molar-refractivity contribution is 7.08. The van der Waals surface area contributed by atoms with E-state index in [4.69, 9.17) is 0 Å². The number of phenolic OH excluding ortho intramolecular Hbond substituents is 1. The first-order valence-electron chi connectivity index (χ1n) is 6.08. The summed E-state index contributed by atoms with van der Waals surface area (Å²) in [6.45, 7) is 1.63. The van der Waals surface area contributed by atoms with Gasteiger partial charge in [-0.25, -0.2) is 4.79 Å². The number of carbonyl (C=O) groups excluding carboxylic acids is 1. The second-order valence-electron chi connectivity index (χ2n) is 4.42. The maximum atomic E-state index is 12.0. The number of benzene rings is 1. The van der Waals surface area contributed by atoms with E-state index in [1.54, 1.807) is 19.1 Å². The third-order valence-electron chi connectivity index (χ3n) is 2.84. The lowest BCUT2D eigenvalue weighted by molar-refractivity contribution is -0.139. The number of carbonyl (C=O) groups is 2. The van der Waals surface area contributed by atoms with Gasteiger partial charge in [0.1, 0.15) is 16.7 Å². The number of carboxylic acids is 1. The standard InChI is InChI=1S/C13H13N3O4S/c1-7-11(21-16-15-7)12(18)14-10(13(19)20)6-8-2-4-9(17)5-3-8/h2-5,10,17H,6H2,1H3,(H,14,18)(H,19,20)/t10-/m1/s1.